The topological polar surface area (TPSA) is 83.0 Å². The average molecular weight is 441 g/mol. The van der Waals surface area contributed by atoms with Gasteiger partial charge in [0.2, 0.25) is 0 Å². The molecule has 0 atom stereocenters. The highest BCUT2D eigenvalue weighted by Crippen LogP contribution is 2.27. The summed E-state index contributed by atoms with van der Waals surface area (Å²) in [6.07, 6.45) is -2.28. The van der Waals surface area contributed by atoms with Gasteiger partial charge >= 0.3 is 12.2 Å². The molecule has 1 fully saturated rings. The Balaban J connectivity index is 1.56. The highest BCUT2D eigenvalue weighted by Gasteiger charge is 2.33. The molecule has 3 heterocycles. The first kappa shape index (κ1) is 21.7. The fourth-order valence-electron chi connectivity index (χ4n) is 2.95. The zero-order valence-corrected chi connectivity index (χ0v) is 17.2. The number of urea groups is 1. The number of nitrogens with two attached hydrogens (primary N) is 1. The molecule has 30 heavy (non-hydrogen) atoms. The molecule has 3 rings (SSSR count). The van der Waals surface area contributed by atoms with Crippen molar-refractivity contribution in [2.75, 3.05) is 31.1 Å². The van der Waals surface area contributed by atoms with E-state index in [9.17, 15) is 18.0 Å². The molecular weight excluding hydrogens is 419 g/mol. The van der Waals surface area contributed by atoms with Crippen LogP contribution < -0.4 is 10.6 Å². The Morgan fingerprint density at radius 1 is 1.40 bits per heavy atom. The van der Waals surface area contributed by atoms with E-state index in [-0.39, 0.29) is 6.67 Å². The number of carbonyl (C=O) groups is 1. The number of aromatic nitrogens is 2. The molecule has 0 aliphatic carbocycles. The number of aryl methyl sites for hydroxylation is 1. The van der Waals surface area contributed by atoms with E-state index >= 15 is 0 Å². The molecule has 0 bridgehead atoms. The number of amides is 2. The summed E-state index contributed by atoms with van der Waals surface area (Å²) in [6, 6.07) is 2.11. The van der Waals surface area contributed by atoms with Crippen LogP contribution in [0.3, 0.4) is 0 Å². The fraction of sp³-hybridized carbons (Fsp3) is 0.389. The van der Waals surface area contributed by atoms with Gasteiger partial charge in [0.05, 0.1) is 0 Å². The maximum Gasteiger partial charge on any atom is 0.435 e. The molecule has 162 valence electrons. The molecule has 0 saturated carbocycles. The number of piperazine rings is 1. The van der Waals surface area contributed by atoms with Gasteiger partial charge in [-0.05, 0) is 19.1 Å². The van der Waals surface area contributed by atoms with Crippen LogP contribution in [0.1, 0.15) is 10.6 Å². The lowest BCUT2D eigenvalue weighted by atomic mass is 10.3. The highest BCUT2D eigenvalue weighted by atomic mass is 32.1. The van der Waals surface area contributed by atoms with E-state index in [2.05, 4.69) is 39.9 Å². The number of carbonyl (C=O) groups excluding carboxylic acids is 1. The average Bonchev–Trinajstić information content (AvgIpc) is 3.33. The maximum atomic E-state index is 12.7. The predicted octanol–water partition coefficient (Wildman–Crippen LogP) is 2.93. The molecule has 2 aromatic rings. The number of alkyl halides is 3. The van der Waals surface area contributed by atoms with Crippen LogP contribution in [0, 0.1) is 6.92 Å². The van der Waals surface area contributed by atoms with Crippen molar-refractivity contribution in [3.8, 4) is 0 Å². The van der Waals surface area contributed by atoms with Gasteiger partial charge < -0.3 is 15.5 Å². The number of anilines is 1. The summed E-state index contributed by atoms with van der Waals surface area (Å²) >= 11 is 1.71. The molecular formula is C18H22F3N7OS. The van der Waals surface area contributed by atoms with Gasteiger partial charge in [0.1, 0.15) is 18.8 Å². The van der Waals surface area contributed by atoms with Crippen LogP contribution in [0.4, 0.5) is 23.7 Å². The zero-order chi connectivity index (χ0) is 21.9. The summed E-state index contributed by atoms with van der Waals surface area (Å²) in [4.78, 5) is 22.3. The number of hydrogen-bond acceptors (Lipinski definition) is 6. The van der Waals surface area contributed by atoms with Crippen LogP contribution in [0.2, 0.25) is 0 Å². The number of primary amides is 1. The summed E-state index contributed by atoms with van der Waals surface area (Å²) < 4.78 is 39.0. The van der Waals surface area contributed by atoms with Crippen LogP contribution in [0.5, 0.6) is 0 Å². The number of aliphatic imine (C=N–C) groups is 1. The van der Waals surface area contributed by atoms with Crippen molar-refractivity contribution in [1.29, 1.82) is 0 Å². The smallest absolute Gasteiger partial charge is 0.367 e. The lowest BCUT2D eigenvalue weighted by Gasteiger charge is -2.36. The molecule has 0 radical (unpaired) electrons. The predicted molar refractivity (Wildman–Crippen MR) is 109 cm³/mol. The van der Waals surface area contributed by atoms with E-state index in [0.717, 1.165) is 41.3 Å². The Bertz CT molecular complexity index is 928. The molecule has 1 saturated heterocycles. The van der Waals surface area contributed by atoms with E-state index in [0.29, 0.717) is 18.9 Å². The molecule has 0 aromatic carbocycles. The van der Waals surface area contributed by atoms with Crippen molar-refractivity contribution >= 4 is 29.4 Å². The molecule has 2 amide bonds. The Morgan fingerprint density at radius 2 is 2.10 bits per heavy atom. The highest BCUT2D eigenvalue weighted by molar-refractivity contribution is 7.10. The van der Waals surface area contributed by atoms with Gasteiger partial charge in [0.15, 0.2) is 5.69 Å². The largest absolute Gasteiger partial charge is 0.435 e. The number of thiophene rings is 1. The van der Waals surface area contributed by atoms with Crippen LogP contribution in [0.25, 0.3) is 0 Å². The second-order valence-electron chi connectivity index (χ2n) is 6.74. The summed E-state index contributed by atoms with van der Waals surface area (Å²) in [5.41, 5.74) is 5.46. The molecule has 2 aromatic heterocycles. The molecule has 1 aliphatic rings. The van der Waals surface area contributed by atoms with Crippen molar-refractivity contribution in [2.24, 2.45) is 10.7 Å². The zero-order valence-electron chi connectivity index (χ0n) is 16.3. The van der Waals surface area contributed by atoms with Crippen molar-refractivity contribution in [3.05, 3.63) is 46.7 Å². The summed E-state index contributed by atoms with van der Waals surface area (Å²) in [6.45, 7) is 8.70. The van der Waals surface area contributed by atoms with Crippen LogP contribution in [-0.2, 0) is 12.8 Å². The summed E-state index contributed by atoms with van der Waals surface area (Å²) in [5, 5.41) is 5.53. The minimum Gasteiger partial charge on any atom is -0.367 e. The first-order chi connectivity index (χ1) is 14.1. The fourth-order valence-corrected chi connectivity index (χ4v) is 3.66. The minimum absolute atomic E-state index is 0.298. The summed E-state index contributed by atoms with van der Waals surface area (Å²) in [7, 11) is 0. The number of halogens is 3. The van der Waals surface area contributed by atoms with Gasteiger partial charge in [-0.1, -0.05) is 6.58 Å². The quantitative estimate of drug-likeness (QED) is 0.552. The molecule has 0 unspecified atom stereocenters. The summed E-state index contributed by atoms with van der Waals surface area (Å²) in [5.74, 6) is 0.443. The van der Waals surface area contributed by atoms with E-state index in [1.165, 1.54) is 10.6 Å². The SMILES string of the molecule is C=C(N=CN(Cn1ccc(C(F)(F)F)n1)C(N)=O)N1CCN(c2csc(C)c2)CC1. The third-order valence-electron chi connectivity index (χ3n) is 4.58. The van der Waals surface area contributed by atoms with Gasteiger partial charge in [-0.25, -0.2) is 9.79 Å². The Kier molecular flexibility index (Phi) is 6.34. The minimum atomic E-state index is -4.56. The van der Waals surface area contributed by atoms with Crippen LogP contribution >= 0.6 is 11.3 Å². The van der Waals surface area contributed by atoms with E-state index < -0.39 is 17.9 Å². The molecule has 0 spiro atoms. The van der Waals surface area contributed by atoms with Gasteiger partial charge in [-0.3, -0.25) is 9.58 Å². The van der Waals surface area contributed by atoms with Gasteiger partial charge in [0, 0.05) is 48.3 Å². The van der Waals surface area contributed by atoms with E-state index in [1.807, 2.05) is 4.90 Å². The molecule has 1 aliphatic heterocycles. The van der Waals surface area contributed by atoms with Gasteiger partial charge in [-0.2, -0.15) is 18.3 Å². The van der Waals surface area contributed by atoms with Crippen LogP contribution in [-0.4, -0.2) is 58.1 Å². The van der Waals surface area contributed by atoms with Crippen molar-refractivity contribution in [3.63, 3.8) is 0 Å². The van der Waals surface area contributed by atoms with E-state index in [1.54, 1.807) is 11.3 Å². The normalized spacial score (nSPS) is 15.1. The van der Waals surface area contributed by atoms with E-state index in [4.69, 9.17) is 5.73 Å². The second-order valence-corrected chi connectivity index (χ2v) is 7.85. The monoisotopic (exact) mass is 441 g/mol. The van der Waals surface area contributed by atoms with Crippen molar-refractivity contribution < 1.29 is 18.0 Å². The third-order valence-corrected chi connectivity index (χ3v) is 5.43. The molecule has 8 nitrogen and oxygen atoms in total. The first-order valence-corrected chi connectivity index (χ1v) is 9.96. The van der Waals surface area contributed by atoms with Crippen LogP contribution in [0.15, 0.2) is 41.1 Å². The van der Waals surface area contributed by atoms with Gasteiger partial charge in [0.25, 0.3) is 0 Å². The second kappa shape index (κ2) is 8.78. The Morgan fingerprint density at radius 3 is 2.63 bits per heavy atom. The number of rotatable bonds is 6. The van der Waals surface area contributed by atoms with Crippen molar-refractivity contribution in [1.82, 2.24) is 19.6 Å². The standard InChI is InChI=1S/C18H22F3N7OS/c1-13-9-15(10-30-13)26-7-5-25(6-8-26)14(2)23-11-27(17(22)29)12-28-4-3-16(24-28)18(19,20)21/h3-4,9-11H,2,5-8,12H2,1H3,(H2,22,29). The lowest BCUT2D eigenvalue weighted by molar-refractivity contribution is -0.141. The molecule has 2 N–H and O–H groups in total. The maximum absolute atomic E-state index is 12.7. The Hall–Kier alpha value is -3.02. The lowest BCUT2D eigenvalue weighted by Crippen LogP contribution is -2.45. The first-order valence-electron chi connectivity index (χ1n) is 9.08. The Labute approximate surface area is 175 Å². The molecule has 12 heteroatoms. The number of hydrogen-bond donors (Lipinski definition) is 1. The third kappa shape index (κ3) is 5.32. The number of nitrogens with zero attached hydrogens (tertiary/aromatic N) is 6. The van der Waals surface area contributed by atoms with Gasteiger partial charge in [-0.15, -0.1) is 11.3 Å². The van der Waals surface area contributed by atoms with Crippen molar-refractivity contribution in [2.45, 2.75) is 19.8 Å².